The number of para-hydroxylation sites is 1. The fraction of sp³-hybridized carbons (Fsp3) is 0.188. The number of nitrogen functional groups attached to an aromatic ring is 1. The van der Waals surface area contributed by atoms with Crippen LogP contribution < -0.4 is 15.2 Å². The van der Waals surface area contributed by atoms with E-state index in [2.05, 4.69) is 15.9 Å². The van der Waals surface area contributed by atoms with E-state index in [9.17, 15) is 4.79 Å². The fourth-order valence-electron chi connectivity index (χ4n) is 2.01. The smallest absolute Gasteiger partial charge is 0.163 e. The van der Waals surface area contributed by atoms with E-state index < -0.39 is 0 Å². The number of anilines is 1. The number of hydrogen-bond acceptors (Lipinski definition) is 4. The van der Waals surface area contributed by atoms with E-state index >= 15 is 0 Å². The number of ketones is 1. The second kappa shape index (κ2) is 6.63. The molecule has 110 valence electrons. The van der Waals surface area contributed by atoms with Gasteiger partial charge in [0.2, 0.25) is 0 Å². The zero-order valence-electron chi connectivity index (χ0n) is 11.9. The fourth-order valence-corrected chi connectivity index (χ4v) is 2.48. The van der Waals surface area contributed by atoms with Gasteiger partial charge in [0, 0.05) is 10.0 Å². The number of ether oxygens (including phenoxy) is 2. The lowest BCUT2D eigenvalue weighted by atomic mass is 10.1. The van der Waals surface area contributed by atoms with Crippen LogP contribution in [0.4, 0.5) is 5.69 Å². The molecule has 0 aliphatic rings. The highest BCUT2D eigenvalue weighted by molar-refractivity contribution is 9.10. The van der Waals surface area contributed by atoms with Gasteiger partial charge < -0.3 is 15.2 Å². The quantitative estimate of drug-likeness (QED) is 0.658. The SMILES string of the molecule is COc1ccccc1COc1c(N)cc(Br)cc1C(C)=O. The Labute approximate surface area is 132 Å². The lowest BCUT2D eigenvalue weighted by Crippen LogP contribution is -2.06. The van der Waals surface area contributed by atoms with Crippen molar-refractivity contribution >= 4 is 27.4 Å². The number of nitrogens with two attached hydrogens (primary N) is 1. The van der Waals surface area contributed by atoms with Crippen LogP contribution in [0.2, 0.25) is 0 Å². The summed E-state index contributed by atoms with van der Waals surface area (Å²) in [6, 6.07) is 11.0. The van der Waals surface area contributed by atoms with Gasteiger partial charge in [-0.15, -0.1) is 0 Å². The lowest BCUT2D eigenvalue weighted by molar-refractivity contribution is 0.101. The number of Topliss-reactive ketones (excluding diaryl/α,β-unsaturated/α-hetero) is 1. The van der Waals surface area contributed by atoms with Crippen LogP contribution in [0.15, 0.2) is 40.9 Å². The molecule has 0 amide bonds. The van der Waals surface area contributed by atoms with Gasteiger partial charge in [0.15, 0.2) is 11.5 Å². The van der Waals surface area contributed by atoms with Crippen molar-refractivity contribution in [3.05, 3.63) is 52.0 Å². The molecule has 0 unspecified atom stereocenters. The van der Waals surface area contributed by atoms with Gasteiger partial charge in [-0.2, -0.15) is 0 Å². The molecule has 0 fully saturated rings. The predicted molar refractivity (Wildman–Crippen MR) is 85.9 cm³/mol. The van der Waals surface area contributed by atoms with Crippen molar-refractivity contribution in [1.82, 2.24) is 0 Å². The molecule has 5 heteroatoms. The molecule has 2 aromatic carbocycles. The number of carbonyl (C=O) groups is 1. The van der Waals surface area contributed by atoms with E-state index in [4.69, 9.17) is 15.2 Å². The van der Waals surface area contributed by atoms with Crippen molar-refractivity contribution < 1.29 is 14.3 Å². The largest absolute Gasteiger partial charge is 0.496 e. The Morgan fingerprint density at radius 2 is 2.00 bits per heavy atom. The highest BCUT2D eigenvalue weighted by atomic mass is 79.9. The molecule has 2 N–H and O–H groups in total. The minimum atomic E-state index is -0.0990. The van der Waals surface area contributed by atoms with Crippen molar-refractivity contribution in [2.24, 2.45) is 0 Å². The summed E-state index contributed by atoms with van der Waals surface area (Å²) in [5.41, 5.74) is 7.72. The van der Waals surface area contributed by atoms with Crippen LogP contribution in [0, 0.1) is 0 Å². The third-order valence-corrected chi connectivity index (χ3v) is 3.48. The van der Waals surface area contributed by atoms with Gasteiger partial charge in [-0.1, -0.05) is 34.1 Å². The maximum absolute atomic E-state index is 11.7. The number of carbonyl (C=O) groups excluding carboxylic acids is 1. The third kappa shape index (κ3) is 3.55. The number of hydrogen-bond donors (Lipinski definition) is 1. The second-order valence-electron chi connectivity index (χ2n) is 4.53. The van der Waals surface area contributed by atoms with Crippen molar-refractivity contribution in [2.45, 2.75) is 13.5 Å². The van der Waals surface area contributed by atoms with Crippen LogP contribution >= 0.6 is 15.9 Å². The van der Waals surface area contributed by atoms with Crippen molar-refractivity contribution in [2.75, 3.05) is 12.8 Å². The number of halogens is 1. The second-order valence-corrected chi connectivity index (χ2v) is 5.44. The molecule has 0 bridgehead atoms. The molecule has 0 aliphatic carbocycles. The predicted octanol–water partition coefficient (Wildman–Crippen LogP) is 3.82. The highest BCUT2D eigenvalue weighted by Gasteiger charge is 2.14. The molecule has 0 aliphatic heterocycles. The maximum atomic E-state index is 11.7. The molecule has 4 nitrogen and oxygen atoms in total. The maximum Gasteiger partial charge on any atom is 0.163 e. The normalized spacial score (nSPS) is 10.2. The van der Waals surface area contributed by atoms with Crippen LogP contribution in [-0.2, 0) is 6.61 Å². The van der Waals surface area contributed by atoms with Crippen LogP contribution in [0.25, 0.3) is 0 Å². The molecule has 0 spiro atoms. The van der Waals surface area contributed by atoms with Crippen LogP contribution in [-0.4, -0.2) is 12.9 Å². The summed E-state index contributed by atoms with van der Waals surface area (Å²) in [6.07, 6.45) is 0. The Hall–Kier alpha value is -2.01. The lowest BCUT2D eigenvalue weighted by Gasteiger charge is -2.14. The zero-order chi connectivity index (χ0) is 15.4. The Morgan fingerprint density at radius 3 is 2.67 bits per heavy atom. The molecule has 0 atom stereocenters. The molecule has 0 heterocycles. The average Bonchev–Trinajstić information content (AvgIpc) is 2.45. The molecule has 2 rings (SSSR count). The van der Waals surface area contributed by atoms with Crippen LogP contribution in [0.3, 0.4) is 0 Å². The number of rotatable bonds is 5. The minimum Gasteiger partial charge on any atom is -0.496 e. The molecule has 0 aromatic heterocycles. The molecule has 21 heavy (non-hydrogen) atoms. The van der Waals surface area contributed by atoms with E-state index in [-0.39, 0.29) is 12.4 Å². The standard InChI is InChI=1S/C16H16BrNO3/c1-10(19)13-7-12(17)8-14(18)16(13)21-9-11-5-3-4-6-15(11)20-2/h3-8H,9,18H2,1-2H3. The van der Waals surface area contributed by atoms with E-state index in [1.54, 1.807) is 19.2 Å². The Bertz CT molecular complexity index is 671. The van der Waals surface area contributed by atoms with Crippen LogP contribution in [0.5, 0.6) is 11.5 Å². The molecular formula is C16H16BrNO3. The summed E-state index contributed by atoms with van der Waals surface area (Å²) in [6.45, 7) is 1.76. The summed E-state index contributed by atoms with van der Waals surface area (Å²) in [7, 11) is 1.60. The summed E-state index contributed by atoms with van der Waals surface area (Å²) >= 11 is 3.33. The van der Waals surface area contributed by atoms with Gasteiger partial charge in [0.25, 0.3) is 0 Å². The zero-order valence-corrected chi connectivity index (χ0v) is 13.4. The summed E-state index contributed by atoms with van der Waals surface area (Å²) < 4.78 is 11.8. The minimum absolute atomic E-state index is 0.0990. The first-order valence-electron chi connectivity index (χ1n) is 6.37. The number of methoxy groups -OCH3 is 1. The molecule has 0 saturated heterocycles. The Morgan fingerprint density at radius 1 is 1.29 bits per heavy atom. The first kappa shape index (κ1) is 15.4. The molecule has 0 saturated carbocycles. The van der Waals surface area contributed by atoms with E-state index in [0.29, 0.717) is 17.0 Å². The molecule has 2 aromatic rings. The van der Waals surface area contributed by atoms with Crippen molar-refractivity contribution in [3.8, 4) is 11.5 Å². The summed E-state index contributed by atoms with van der Waals surface area (Å²) in [5.74, 6) is 1.03. The van der Waals surface area contributed by atoms with Gasteiger partial charge >= 0.3 is 0 Å². The first-order valence-corrected chi connectivity index (χ1v) is 7.17. The summed E-state index contributed by atoms with van der Waals surface area (Å²) in [5, 5.41) is 0. The van der Waals surface area contributed by atoms with Gasteiger partial charge in [-0.25, -0.2) is 0 Å². The van der Waals surface area contributed by atoms with E-state index in [1.165, 1.54) is 6.92 Å². The van der Waals surface area contributed by atoms with Gasteiger partial charge in [0.05, 0.1) is 18.4 Å². The van der Waals surface area contributed by atoms with Crippen molar-refractivity contribution in [3.63, 3.8) is 0 Å². The van der Waals surface area contributed by atoms with Crippen LogP contribution in [0.1, 0.15) is 22.8 Å². The summed E-state index contributed by atoms with van der Waals surface area (Å²) in [4.78, 5) is 11.7. The first-order chi connectivity index (χ1) is 10.0. The van der Waals surface area contributed by atoms with Crippen molar-refractivity contribution in [1.29, 1.82) is 0 Å². The Balaban J connectivity index is 2.30. The van der Waals surface area contributed by atoms with Gasteiger partial charge in [0.1, 0.15) is 12.4 Å². The number of benzene rings is 2. The van der Waals surface area contributed by atoms with Gasteiger partial charge in [-0.3, -0.25) is 4.79 Å². The monoisotopic (exact) mass is 349 g/mol. The highest BCUT2D eigenvalue weighted by Crippen LogP contribution is 2.32. The Kier molecular flexibility index (Phi) is 4.85. The van der Waals surface area contributed by atoms with E-state index in [0.717, 1.165) is 15.8 Å². The van der Waals surface area contributed by atoms with E-state index in [1.807, 2.05) is 24.3 Å². The molecule has 0 radical (unpaired) electrons. The third-order valence-electron chi connectivity index (χ3n) is 3.03. The van der Waals surface area contributed by atoms with Gasteiger partial charge in [-0.05, 0) is 25.1 Å². The molecular weight excluding hydrogens is 334 g/mol. The average molecular weight is 350 g/mol. The topological polar surface area (TPSA) is 61.6 Å².